The summed E-state index contributed by atoms with van der Waals surface area (Å²) in [7, 11) is -3.11. The van der Waals surface area contributed by atoms with Gasteiger partial charge < -0.3 is 4.74 Å². The van der Waals surface area contributed by atoms with Crippen LogP contribution in [0, 0.1) is 0 Å². The number of Topliss-reactive ketones (excluding diaryl/α,β-unsaturated/α-hetero) is 1. The van der Waals surface area contributed by atoms with E-state index in [1.807, 2.05) is 0 Å². The van der Waals surface area contributed by atoms with Crippen molar-refractivity contribution in [3.8, 4) is 5.75 Å². The number of carbonyl (C=O) groups is 1. The number of benzene rings is 1. The number of hydrogen-bond acceptors (Lipinski definition) is 4. The lowest BCUT2D eigenvalue weighted by molar-refractivity contribution is -0.120. The molecule has 0 aliphatic heterocycles. The van der Waals surface area contributed by atoms with Gasteiger partial charge in [-0.15, -0.1) is 0 Å². The maximum Gasteiger partial charge on any atom is 0.171 e. The van der Waals surface area contributed by atoms with E-state index in [0.29, 0.717) is 10.8 Å². The van der Waals surface area contributed by atoms with Crippen LogP contribution >= 0.6 is 11.6 Å². The second-order valence-corrected chi connectivity index (χ2v) is 6.36. The van der Waals surface area contributed by atoms with E-state index in [9.17, 15) is 13.2 Å². The number of carbonyl (C=O) groups excluding carboxylic acids is 1. The standard InChI is InChI=1S/C11H13ClO4S/c1-17(14,15)6-5-10(13)8-16-11-4-2-3-9(12)7-11/h2-4,7H,5-6,8H2,1H3. The van der Waals surface area contributed by atoms with Gasteiger partial charge in [0.05, 0.1) is 5.75 Å². The first-order chi connectivity index (χ1) is 7.87. The lowest BCUT2D eigenvalue weighted by atomic mass is 10.3. The molecule has 0 unspecified atom stereocenters. The number of halogens is 1. The third-order valence-electron chi connectivity index (χ3n) is 1.95. The van der Waals surface area contributed by atoms with E-state index in [2.05, 4.69) is 0 Å². The molecule has 0 bridgehead atoms. The highest BCUT2D eigenvalue weighted by Gasteiger charge is 2.08. The molecule has 0 amide bonds. The largest absolute Gasteiger partial charge is 0.486 e. The zero-order valence-corrected chi connectivity index (χ0v) is 10.9. The third kappa shape index (κ3) is 6.28. The number of rotatable bonds is 6. The Morgan fingerprint density at radius 2 is 2.12 bits per heavy atom. The molecule has 0 heterocycles. The molecule has 0 saturated heterocycles. The van der Waals surface area contributed by atoms with E-state index in [1.54, 1.807) is 24.3 Å². The van der Waals surface area contributed by atoms with Crippen LogP contribution in [0.25, 0.3) is 0 Å². The topological polar surface area (TPSA) is 60.4 Å². The van der Waals surface area contributed by atoms with E-state index in [-0.39, 0.29) is 24.6 Å². The van der Waals surface area contributed by atoms with E-state index in [0.717, 1.165) is 6.26 Å². The molecule has 0 atom stereocenters. The van der Waals surface area contributed by atoms with Gasteiger partial charge in [0.25, 0.3) is 0 Å². The van der Waals surface area contributed by atoms with Gasteiger partial charge in [0.15, 0.2) is 5.78 Å². The Bertz CT molecular complexity index is 496. The molecule has 6 heteroatoms. The van der Waals surface area contributed by atoms with Gasteiger partial charge in [0.1, 0.15) is 22.2 Å². The Balaban J connectivity index is 2.38. The van der Waals surface area contributed by atoms with Crippen molar-refractivity contribution < 1.29 is 17.9 Å². The predicted molar refractivity (Wildman–Crippen MR) is 66.3 cm³/mol. The van der Waals surface area contributed by atoms with Gasteiger partial charge in [0, 0.05) is 17.7 Å². The van der Waals surface area contributed by atoms with Gasteiger partial charge in [-0.3, -0.25) is 4.79 Å². The molecule has 4 nitrogen and oxygen atoms in total. The molecule has 94 valence electrons. The second-order valence-electron chi connectivity index (χ2n) is 3.66. The first-order valence-corrected chi connectivity index (χ1v) is 7.38. The molecule has 0 radical (unpaired) electrons. The van der Waals surface area contributed by atoms with Gasteiger partial charge >= 0.3 is 0 Å². The maximum atomic E-state index is 11.3. The summed E-state index contributed by atoms with van der Waals surface area (Å²) in [5, 5.41) is 0.520. The highest BCUT2D eigenvalue weighted by molar-refractivity contribution is 7.90. The van der Waals surface area contributed by atoms with Crippen molar-refractivity contribution in [3.05, 3.63) is 29.3 Å². The average molecular weight is 277 g/mol. The molecule has 0 aliphatic rings. The highest BCUT2D eigenvalue weighted by atomic mass is 35.5. The monoisotopic (exact) mass is 276 g/mol. The zero-order valence-electron chi connectivity index (χ0n) is 9.35. The van der Waals surface area contributed by atoms with Crippen LogP contribution in [0.1, 0.15) is 6.42 Å². The van der Waals surface area contributed by atoms with Gasteiger partial charge in [-0.2, -0.15) is 0 Å². The molecule has 0 N–H and O–H groups in total. The van der Waals surface area contributed by atoms with Crippen LogP contribution in [-0.4, -0.2) is 32.8 Å². The molecular weight excluding hydrogens is 264 g/mol. The van der Waals surface area contributed by atoms with Crippen LogP contribution in [0.4, 0.5) is 0 Å². The quantitative estimate of drug-likeness (QED) is 0.794. The van der Waals surface area contributed by atoms with Crippen molar-refractivity contribution in [1.29, 1.82) is 0 Å². The summed E-state index contributed by atoms with van der Waals surface area (Å²) in [6, 6.07) is 6.67. The summed E-state index contributed by atoms with van der Waals surface area (Å²) in [6.45, 7) is -0.143. The lowest BCUT2D eigenvalue weighted by Gasteiger charge is -2.05. The molecule has 1 aromatic carbocycles. The smallest absolute Gasteiger partial charge is 0.171 e. The average Bonchev–Trinajstić information content (AvgIpc) is 2.23. The molecule has 0 spiro atoms. The fraction of sp³-hybridized carbons (Fsp3) is 0.364. The fourth-order valence-electron chi connectivity index (χ4n) is 1.09. The van der Waals surface area contributed by atoms with Crippen molar-refractivity contribution in [2.24, 2.45) is 0 Å². The summed E-state index contributed by atoms with van der Waals surface area (Å²) >= 11 is 5.74. The van der Waals surface area contributed by atoms with Crippen LogP contribution in [-0.2, 0) is 14.6 Å². The molecular formula is C11H13ClO4S. The maximum absolute atomic E-state index is 11.3. The zero-order chi connectivity index (χ0) is 12.9. The number of ether oxygens (including phenoxy) is 1. The molecule has 0 aromatic heterocycles. The van der Waals surface area contributed by atoms with E-state index >= 15 is 0 Å². The molecule has 0 aliphatic carbocycles. The van der Waals surface area contributed by atoms with Gasteiger partial charge in [-0.25, -0.2) is 8.42 Å². The van der Waals surface area contributed by atoms with E-state index < -0.39 is 9.84 Å². The summed E-state index contributed by atoms with van der Waals surface area (Å²) < 4.78 is 26.9. The van der Waals surface area contributed by atoms with Crippen LogP contribution in [0.2, 0.25) is 5.02 Å². The molecule has 0 fully saturated rings. The minimum atomic E-state index is -3.11. The molecule has 17 heavy (non-hydrogen) atoms. The number of ketones is 1. The minimum absolute atomic E-state index is 0.0284. The molecule has 1 aromatic rings. The number of hydrogen-bond donors (Lipinski definition) is 0. The van der Waals surface area contributed by atoms with Crippen molar-refractivity contribution in [1.82, 2.24) is 0 Å². The summed E-state index contributed by atoms with van der Waals surface area (Å²) in [5.41, 5.74) is 0. The van der Waals surface area contributed by atoms with Crippen LogP contribution in [0.3, 0.4) is 0 Å². The van der Waals surface area contributed by atoms with Crippen molar-refractivity contribution in [2.45, 2.75) is 6.42 Å². The van der Waals surface area contributed by atoms with Crippen molar-refractivity contribution in [3.63, 3.8) is 0 Å². The summed E-state index contributed by atoms with van der Waals surface area (Å²) in [4.78, 5) is 11.3. The van der Waals surface area contributed by atoms with E-state index in [1.165, 1.54) is 0 Å². The predicted octanol–water partition coefficient (Wildman–Crippen LogP) is 1.72. The Morgan fingerprint density at radius 1 is 1.41 bits per heavy atom. The van der Waals surface area contributed by atoms with Gasteiger partial charge in [-0.1, -0.05) is 17.7 Å². The van der Waals surface area contributed by atoms with Gasteiger partial charge in [-0.05, 0) is 18.2 Å². The first-order valence-electron chi connectivity index (χ1n) is 4.94. The molecule has 1 rings (SSSR count). The number of sulfone groups is 1. The Kier molecular flexibility index (Phi) is 4.96. The Labute approximate surface area is 105 Å². The molecule has 0 saturated carbocycles. The minimum Gasteiger partial charge on any atom is -0.486 e. The normalized spacial score (nSPS) is 11.2. The van der Waals surface area contributed by atoms with E-state index in [4.69, 9.17) is 16.3 Å². The lowest BCUT2D eigenvalue weighted by Crippen LogP contribution is -2.15. The summed E-state index contributed by atoms with van der Waals surface area (Å²) in [6.07, 6.45) is 1.07. The van der Waals surface area contributed by atoms with Crippen molar-refractivity contribution in [2.75, 3.05) is 18.6 Å². The highest BCUT2D eigenvalue weighted by Crippen LogP contribution is 2.16. The second kappa shape index (κ2) is 6.02. The van der Waals surface area contributed by atoms with Crippen molar-refractivity contribution >= 4 is 27.2 Å². The Morgan fingerprint density at radius 3 is 2.71 bits per heavy atom. The SMILES string of the molecule is CS(=O)(=O)CCC(=O)COc1cccc(Cl)c1. The van der Waals surface area contributed by atoms with Crippen LogP contribution in [0.15, 0.2) is 24.3 Å². The Hall–Kier alpha value is -1.07. The van der Waals surface area contributed by atoms with Gasteiger partial charge in [0.2, 0.25) is 0 Å². The summed E-state index contributed by atoms with van der Waals surface area (Å²) in [5.74, 6) is 0.0886. The fourth-order valence-corrected chi connectivity index (χ4v) is 1.87. The van der Waals surface area contributed by atoms with Crippen LogP contribution < -0.4 is 4.74 Å². The van der Waals surface area contributed by atoms with Crippen LogP contribution in [0.5, 0.6) is 5.75 Å². The first kappa shape index (κ1) is 14.0. The third-order valence-corrected chi connectivity index (χ3v) is 3.13.